The highest BCUT2D eigenvalue weighted by Gasteiger charge is 2.51. The van der Waals surface area contributed by atoms with Crippen molar-refractivity contribution in [3.8, 4) is 0 Å². The molecule has 8 heteroatoms. The van der Waals surface area contributed by atoms with Gasteiger partial charge in [0.1, 0.15) is 5.69 Å². The number of urea groups is 1. The third-order valence-electron chi connectivity index (χ3n) is 6.80. The Labute approximate surface area is 173 Å². The van der Waals surface area contributed by atoms with E-state index in [0.717, 1.165) is 24.6 Å². The van der Waals surface area contributed by atoms with Crippen LogP contribution < -0.4 is 10.6 Å². The number of hydrogen-bond acceptors (Lipinski definition) is 6. The summed E-state index contributed by atoms with van der Waals surface area (Å²) >= 11 is 0. The van der Waals surface area contributed by atoms with Crippen LogP contribution in [0.3, 0.4) is 0 Å². The number of nitrogens with zero attached hydrogens (tertiary/aromatic N) is 1. The number of rotatable bonds is 5. The molecule has 4 aliphatic carbocycles. The van der Waals surface area contributed by atoms with E-state index in [1.54, 1.807) is 12.1 Å². The number of esters is 1. The monoisotopic (exact) mass is 411 g/mol. The molecular weight excluding hydrogens is 386 g/mol. The van der Waals surface area contributed by atoms with E-state index < -0.39 is 24.5 Å². The van der Waals surface area contributed by atoms with Crippen LogP contribution >= 0.6 is 0 Å². The zero-order valence-electron chi connectivity index (χ0n) is 16.7. The molecule has 4 fully saturated rings. The van der Waals surface area contributed by atoms with Gasteiger partial charge in [0, 0.05) is 10.9 Å². The minimum atomic E-state index is -0.643. The minimum Gasteiger partial charge on any atom is -0.455 e. The van der Waals surface area contributed by atoms with Crippen LogP contribution in [0.25, 0.3) is 11.0 Å². The number of aromatic nitrogens is 1. The molecule has 30 heavy (non-hydrogen) atoms. The largest absolute Gasteiger partial charge is 0.455 e. The average Bonchev–Trinajstić information content (AvgIpc) is 3.08. The molecule has 3 amide bonds. The molecule has 1 aromatic carbocycles. The Morgan fingerprint density at radius 3 is 2.43 bits per heavy atom. The Bertz CT molecular complexity index is 962. The molecule has 0 aliphatic heterocycles. The van der Waals surface area contributed by atoms with Gasteiger partial charge in [-0.3, -0.25) is 14.9 Å². The summed E-state index contributed by atoms with van der Waals surface area (Å²) in [4.78, 5) is 36.5. The predicted molar refractivity (Wildman–Crippen MR) is 106 cm³/mol. The Morgan fingerprint density at radius 1 is 1.07 bits per heavy atom. The fraction of sp³-hybridized carbons (Fsp3) is 0.545. The van der Waals surface area contributed by atoms with E-state index in [0.29, 0.717) is 29.0 Å². The van der Waals surface area contributed by atoms with Gasteiger partial charge < -0.3 is 14.6 Å². The first-order chi connectivity index (χ1) is 14.5. The molecule has 158 valence electrons. The highest BCUT2D eigenvalue weighted by Crippen LogP contribution is 2.55. The molecule has 6 rings (SSSR count). The second-order valence-electron chi connectivity index (χ2n) is 9.16. The van der Waals surface area contributed by atoms with Crippen molar-refractivity contribution in [2.75, 3.05) is 6.61 Å². The normalized spacial score (nSPS) is 29.0. The van der Waals surface area contributed by atoms with E-state index in [1.165, 1.54) is 19.3 Å². The molecular formula is C22H25N3O5. The first-order valence-electron chi connectivity index (χ1n) is 10.6. The van der Waals surface area contributed by atoms with Gasteiger partial charge in [-0.15, -0.1) is 0 Å². The smallest absolute Gasteiger partial charge is 0.321 e. The molecule has 0 atom stereocenters. The summed E-state index contributed by atoms with van der Waals surface area (Å²) in [6.45, 7) is -0.511. The summed E-state index contributed by atoms with van der Waals surface area (Å²) in [5.74, 6) is 0.837. The quantitative estimate of drug-likeness (QED) is 0.732. The Morgan fingerprint density at radius 2 is 1.73 bits per heavy atom. The molecule has 4 saturated carbocycles. The maximum atomic E-state index is 12.4. The van der Waals surface area contributed by atoms with Gasteiger partial charge in [-0.25, -0.2) is 4.79 Å². The summed E-state index contributed by atoms with van der Waals surface area (Å²) < 4.78 is 10.2. The van der Waals surface area contributed by atoms with Crippen molar-refractivity contribution in [2.24, 2.45) is 17.8 Å². The Hall–Kier alpha value is -2.90. The van der Waals surface area contributed by atoms with Gasteiger partial charge in [-0.05, 0) is 68.4 Å². The molecule has 2 N–H and O–H groups in total. The number of para-hydroxylation sites is 1. The summed E-state index contributed by atoms with van der Waals surface area (Å²) in [7, 11) is 0. The molecule has 0 radical (unpaired) electrons. The molecule has 0 unspecified atom stereocenters. The number of fused-ring (bicyclic) bond motifs is 1. The van der Waals surface area contributed by atoms with Crippen molar-refractivity contribution >= 4 is 28.9 Å². The Kier molecular flexibility index (Phi) is 4.72. The SMILES string of the molecule is O=C(COC(=O)Cc1noc2ccccc12)NC(=O)NC12CC3CC(CC(C3)C1)C2. The molecule has 1 heterocycles. The lowest BCUT2D eigenvalue weighted by atomic mass is 9.53. The standard InChI is InChI=1S/C22H25N3O5/c26-19(12-29-20(27)8-17-16-3-1-2-4-18(16)30-25-17)23-21(28)24-22-9-13-5-14(10-22)7-15(6-13)11-22/h1-4,13-15H,5-12H2,(H2,23,24,26,28). The average molecular weight is 411 g/mol. The second-order valence-corrected chi connectivity index (χ2v) is 9.16. The van der Waals surface area contributed by atoms with Gasteiger partial charge >= 0.3 is 12.0 Å². The Balaban J connectivity index is 1.09. The fourth-order valence-corrected chi connectivity index (χ4v) is 6.10. The van der Waals surface area contributed by atoms with Crippen molar-refractivity contribution in [3.05, 3.63) is 30.0 Å². The molecule has 1 aromatic heterocycles. The summed E-state index contributed by atoms with van der Waals surface area (Å²) in [6.07, 6.45) is 6.72. The van der Waals surface area contributed by atoms with E-state index in [9.17, 15) is 14.4 Å². The molecule has 4 bridgehead atoms. The van der Waals surface area contributed by atoms with Crippen molar-refractivity contribution in [3.63, 3.8) is 0 Å². The van der Waals surface area contributed by atoms with Crippen LogP contribution in [0.5, 0.6) is 0 Å². The third-order valence-corrected chi connectivity index (χ3v) is 6.80. The molecule has 0 spiro atoms. The lowest BCUT2D eigenvalue weighted by molar-refractivity contribution is -0.147. The van der Waals surface area contributed by atoms with Crippen LogP contribution in [-0.2, 0) is 20.7 Å². The number of carbonyl (C=O) groups excluding carboxylic acids is 3. The van der Waals surface area contributed by atoms with Crippen molar-refractivity contribution in [2.45, 2.75) is 50.5 Å². The molecule has 0 saturated heterocycles. The van der Waals surface area contributed by atoms with Gasteiger partial charge in [0.25, 0.3) is 5.91 Å². The zero-order valence-corrected chi connectivity index (χ0v) is 16.7. The van der Waals surface area contributed by atoms with Crippen molar-refractivity contribution < 1.29 is 23.6 Å². The van der Waals surface area contributed by atoms with Gasteiger partial charge in [-0.1, -0.05) is 17.3 Å². The number of imide groups is 1. The number of ether oxygens (including phenoxy) is 1. The highest BCUT2D eigenvalue weighted by atomic mass is 16.5. The van der Waals surface area contributed by atoms with Crippen LogP contribution in [0.15, 0.2) is 28.8 Å². The van der Waals surface area contributed by atoms with Crippen LogP contribution in [0.2, 0.25) is 0 Å². The predicted octanol–water partition coefficient (Wildman–Crippen LogP) is 2.71. The number of carbonyl (C=O) groups is 3. The lowest BCUT2D eigenvalue weighted by Gasteiger charge is -2.56. The van der Waals surface area contributed by atoms with E-state index >= 15 is 0 Å². The summed E-state index contributed by atoms with van der Waals surface area (Å²) in [5, 5.41) is 9.97. The van der Waals surface area contributed by atoms with Gasteiger partial charge in [0.15, 0.2) is 12.2 Å². The first kappa shape index (κ1) is 19.1. The van der Waals surface area contributed by atoms with E-state index in [4.69, 9.17) is 9.26 Å². The van der Waals surface area contributed by atoms with Gasteiger partial charge in [0.2, 0.25) is 0 Å². The van der Waals surface area contributed by atoms with Crippen molar-refractivity contribution in [1.82, 2.24) is 15.8 Å². The number of amides is 3. The van der Waals surface area contributed by atoms with Gasteiger partial charge in [-0.2, -0.15) is 0 Å². The zero-order chi connectivity index (χ0) is 20.7. The molecule has 8 nitrogen and oxygen atoms in total. The van der Waals surface area contributed by atoms with Crippen molar-refractivity contribution in [1.29, 1.82) is 0 Å². The maximum absolute atomic E-state index is 12.4. The van der Waals surface area contributed by atoms with Crippen LogP contribution in [0.1, 0.15) is 44.2 Å². The summed E-state index contributed by atoms with van der Waals surface area (Å²) in [6, 6.07) is 6.70. The van der Waals surface area contributed by atoms with E-state index in [1.807, 2.05) is 12.1 Å². The maximum Gasteiger partial charge on any atom is 0.321 e. The first-order valence-corrected chi connectivity index (χ1v) is 10.6. The molecule has 4 aliphatic rings. The number of hydrogen-bond donors (Lipinski definition) is 2. The van der Waals surface area contributed by atoms with Crippen LogP contribution in [0, 0.1) is 17.8 Å². The summed E-state index contributed by atoms with van der Waals surface area (Å²) in [5.41, 5.74) is 0.860. The van der Waals surface area contributed by atoms with Crippen LogP contribution in [0.4, 0.5) is 4.79 Å². The highest BCUT2D eigenvalue weighted by molar-refractivity contribution is 5.96. The fourth-order valence-electron chi connectivity index (χ4n) is 6.10. The topological polar surface area (TPSA) is 111 Å². The third kappa shape index (κ3) is 3.78. The van der Waals surface area contributed by atoms with E-state index in [-0.39, 0.29) is 12.0 Å². The second kappa shape index (κ2) is 7.41. The number of nitrogens with one attached hydrogen (secondary N) is 2. The van der Waals surface area contributed by atoms with Crippen LogP contribution in [-0.4, -0.2) is 35.2 Å². The minimum absolute atomic E-state index is 0.107. The van der Waals surface area contributed by atoms with Gasteiger partial charge in [0.05, 0.1) is 6.42 Å². The number of benzene rings is 1. The lowest BCUT2D eigenvalue weighted by Crippen LogP contribution is -2.62. The molecule has 2 aromatic rings. The van der Waals surface area contributed by atoms with E-state index in [2.05, 4.69) is 15.8 Å².